The topological polar surface area (TPSA) is 18.5 Å². The summed E-state index contributed by atoms with van der Waals surface area (Å²) >= 11 is 0. The minimum atomic E-state index is -4.74. The summed E-state index contributed by atoms with van der Waals surface area (Å²) in [5.74, 6) is 0.149. The van der Waals surface area contributed by atoms with Gasteiger partial charge in [-0.2, -0.15) is 0 Å². The second-order valence-corrected chi connectivity index (χ2v) is 12.2. The fourth-order valence-electron chi connectivity index (χ4n) is 3.42. The largest absolute Gasteiger partial charge is 0.572 e. The van der Waals surface area contributed by atoms with Crippen LogP contribution in [0.3, 0.4) is 0 Å². The summed E-state index contributed by atoms with van der Waals surface area (Å²) in [5, 5.41) is 0. The van der Waals surface area contributed by atoms with Crippen molar-refractivity contribution in [1.29, 1.82) is 0 Å². The van der Waals surface area contributed by atoms with Gasteiger partial charge >= 0.3 is 6.36 Å². The molecule has 0 atom stereocenters. The average molecular weight is 360 g/mol. The maximum atomic E-state index is 12.5. The molecule has 0 bridgehead atoms. The van der Waals surface area contributed by atoms with E-state index in [1.165, 1.54) is 0 Å². The quantitative estimate of drug-likeness (QED) is 0.397. The lowest BCUT2D eigenvalue weighted by Crippen LogP contribution is -2.47. The number of hydrogen-bond donors (Lipinski definition) is 0. The lowest BCUT2D eigenvalue weighted by Gasteiger charge is -2.42. The van der Waals surface area contributed by atoms with Crippen LogP contribution in [0.15, 0.2) is 36.6 Å². The summed E-state index contributed by atoms with van der Waals surface area (Å²) < 4.78 is 47.9. The van der Waals surface area contributed by atoms with E-state index >= 15 is 0 Å². The van der Waals surface area contributed by atoms with E-state index in [1.54, 1.807) is 24.3 Å². The zero-order chi connectivity index (χ0) is 18.5. The number of halogens is 3. The average Bonchev–Trinajstić information content (AvgIpc) is 2.46. The summed E-state index contributed by atoms with van der Waals surface area (Å²) in [6.45, 7) is 12.5. The third-order valence-corrected chi connectivity index (χ3v) is 10.3. The van der Waals surface area contributed by atoms with Crippen LogP contribution < -0.4 is 0 Å². The minimum Gasteiger partial charge on any atom is -0.540 e. The van der Waals surface area contributed by atoms with Crippen LogP contribution in [-0.4, -0.2) is 14.7 Å². The number of benzene rings is 1. The maximum absolute atomic E-state index is 12.5. The summed E-state index contributed by atoms with van der Waals surface area (Å²) in [5.41, 5.74) is 1.32. The summed E-state index contributed by atoms with van der Waals surface area (Å²) in [6.07, 6.45) is -4.04. The molecule has 0 aliphatic rings. The van der Waals surface area contributed by atoms with Gasteiger partial charge in [0.1, 0.15) is 12.0 Å². The highest BCUT2D eigenvalue weighted by atomic mass is 28.4. The van der Waals surface area contributed by atoms with E-state index in [2.05, 4.69) is 46.3 Å². The van der Waals surface area contributed by atoms with E-state index in [-0.39, 0.29) is 22.4 Å². The van der Waals surface area contributed by atoms with Crippen molar-refractivity contribution < 1.29 is 22.3 Å². The molecule has 0 saturated carbocycles. The number of ether oxygens (including phenoxy) is 1. The van der Waals surface area contributed by atoms with Crippen molar-refractivity contribution in [2.24, 2.45) is 0 Å². The van der Waals surface area contributed by atoms with Crippen molar-refractivity contribution in [2.45, 2.75) is 64.5 Å². The molecular weight excluding hydrogens is 333 g/mol. The molecule has 0 aliphatic heterocycles. The van der Waals surface area contributed by atoms with Crippen molar-refractivity contribution in [2.75, 3.05) is 0 Å². The standard InChI is InChI=1S/C18H27F3O2Si/c1-13(2)24(14(3)4,15(5)6)23-17(12-22-18(19,20)21)16-10-8-7-9-11-16/h7-15H,1-6H3. The van der Waals surface area contributed by atoms with E-state index in [1.807, 2.05) is 6.07 Å². The molecule has 0 heterocycles. The van der Waals surface area contributed by atoms with E-state index < -0.39 is 14.7 Å². The maximum Gasteiger partial charge on any atom is 0.572 e. The number of alkyl halides is 3. The summed E-state index contributed by atoms with van der Waals surface area (Å²) in [6, 6.07) is 8.80. The molecule has 1 aromatic rings. The third-order valence-electron chi connectivity index (χ3n) is 4.35. The smallest absolute Gasteiger partial charge is 0.540 e. The van der Waals surface area contributed by atoms with Crippen molar-refractivity contribution >= 4 is 14.1 Å². The zero-order valence-corrected chi connectivity index (χ0v) is 16.1. The lowest BCUT2D eigenvalue weighted by molar-refractivity contribution is -0.298. The number of rotatable bonds is 7. The Bertz CT molecular complexity index is 515. The SMILES string of the molecule is CC(C)[Si](OC(=COC(F)(F)F)c1ccccc1)(C(C)C)C(C)C. The van der Waals surface area contributed by atoms with Gasteiger partial charge < -0.3 is 9.16 Å². The van der Waals surface area contributed by atoms with Crippen molar-refractivity contribution in [3.05, 3.63) is 42.2 Å². The molecule has 0 unspecified atom stereocenters. The van der Waals surface area contributed by atoms with Crippen LogP contribution in [0.1, 0.15) is 47.1 Å². The molecule has 0 spiro atoms. The summed E-state index contributed by atoms with van der Waals surface area (Å²) in [7, 11) is -2.39. The molecule has 1 rings (SSSR count). The Morgan fingerprint density at radius 3 is 1.75 bits per heavy atom. The second kappa shape index (κ2) is 8.10. The predicted octanol–water partition coefficient (Wildman–Crippen LogP) is 6.71. The minimum absolute atomic E-state index is 0.149. The van der Waals surface area contributed by atoms with Crippen LogP contribution in [-0.2, 0) is 9.16 Å². The molecule has 0 amide bonds. The van der Waals surface area contributed by atoms with Crippen molar-refractivity contribution in [3.8, 4) is 0 Å². The molecule has 136 valence electrons. The molecule has 0 aliphatic carbocycles. The first kappa shape index (κ1) is 20.6. The monoisotopic (exact) mass is 360 g/mol. The molecule has 0 aromatic heterocycles. The van der Waals surface area contributed by atoms with Gasteiger partial charge in [0, 0.05) is 5.56 Å². The molecule has 0 radical (unpaired) electrons. The third kappa shape index (κ3) is 5.03. The van der Waals surface area contributed by atoms with Gasteiger partial charge in [0.2, 0.25) is 0 Å². The Hall–Kier alpha value is -1.43. The van der Waals surface area contributed by atoms with E-state index in [0.29, 0.717) is 11.8 Å². The van der Waals surface area contributed by atoms with Gasteiger partial charge in [0.25, 0.3) is 8.32 Å². The Morgan fingerprint density at radius 2 is 1.38 bits per heavy atom. The van der Waals surface area contributed by atoms with Gasteiger partial charge in [-0.3, -0.25) is 0 Å². The molecular formula is C18H27F3O2Si. The first-order valence-corrected chi connectivity index (χ1v) is 10.3. The van der Waals surface area contributed by atoms with Crippen LogP contribution in [0.4, 0.5) is 13.2 Å². The lowest BCUT2D eigenvalue weighted by atomic mass is 10.2. The zero-order valence-electron chi connectivity index (χ0n) is 15.1. The Kier molecular flexibility index (Phi) is 6.95. The van der Waals surface area contributed by atoms with Gasteiger partial charge in [-0.15, -0.1) is 13.2 Å². The molecule has 0 N–H and O–H groups in total. The molecule has 1 aromatic carbocycles. The highest BCUT2D eigenvalue weighted by Gasteiger charge is 2.47. The first-order chi connectivity index (χ1) is 11.0. The van der Waals surface area contributed by atoms with Gasteiger partial charge in [-0.05, 0) is 16.6 Å². The van der Waals surface area contributed by atoms with Crippen LogP contribution >= 0.6 is 0 Å². The highest BCUT2D eigenvalue weighted by molar-refractivity contribution is 6.78. The highest BCUT2D eigenvalue weighted by Crippen LogP contribution is 2.45. The van der Waals surface area contributed by atoms with Crippen LogP contribution in [0.5, 0.6) is 0 Å². The van der Waals surface area contributed by atoms with Crippen LogP contribution in [0.25, 0.3) is 5.76 Å². The fourth-order valence-corrected chi connectivity index (χ4v) is 8.67. The van der Waals surface area contributed by atoms with Gasteiger partial charge in [-0.25, -0.2) is 0 Å². The molecule has 6 heteroatoms. The number of hydrogen-bond acceptors (Lipinski definition) is 2. The predicted molar refractivity (Wildman–Crippen MR) is 93.7 cm³/mol. The molecule has 0 fully saturated rings. The fraction of sp³-hybridized carbons (Fsp3) is 0.556. The van der Waals surface area contributed by atoms with Crippen molar-refractivity contribution in [1.82, 2.24) is 0 Å². The Labute approximate surface area is 143 Å². The first-order valence-electron chi connectivity index (χ1n) is 8.19. The van der Waals surface area contributed by atoms with Gasteiger partial charge in [0.15, 0.2) is 0 Å². The Balaban J connectivity index is 3.33. The van der Waals surface area contributed by atoms with Gasteiger partial charge in [-0.1, -0.05) is 71.9 Å². The van der Waals surface area contributed by atoms with E-state index in [4.69, 9.17) is 4.43 Å². The molecule has 2 nitrogen and oxygen atoms in total. The summed E-state index contributed by atoms with van der Waals surface area (Å²) in [4.78, 5) is 0. The van der Waals surface area contributed by atoms with Crippen molar-refractivity contribution in [3.63, 3.8) is 0 Å². The molecule has 24 heavy (non-hydrogen) atoms. The molecule has 0 saturated heterocycles. The normalized spacial score (nSPS) is 13.8. The van der Waals surface area contributed by atoms with E-state index in [0.717, 1.165) is 0 Å². The van der Waals surface area contributed by atoms with Gasteiger partial charge in [0.05, 0.1) is 0 Å². The Morgan fingerprint density at radius 1 is 0.917 bits per heavy atom. The van der Waals surface area contributed by atoms with E-state index in [9.17, 15) is 13.2 Å². The van der Waals surface area contributed by atoms with Crippen LogP contribution in [0.2, 0.25) is 16.6 Å². The second-order valence-electron chi connectivity index (χ2n) is 6.83. The van der Waals surface area contributed by atoms with Crippen LogP contribution in [0, 0.1) is 0 Å².